The zero-order valence-electron chi connectivity index (χ0n) is 9.73. The lowest BCUT2D eigenvalue weighted by Crippen LogP contribution is -2.27. The molecule has 0 bridgehead atoms. The van der Waals surface area contributed by atoms with Crippen LogP contribution in [-0.4, -0.2) is 24.9 Å². The molecule has 0 atom stereocenters. The van der Waals surface area contributed by atoms with Crippen LogP contribution in [0.3, 0.4) is 0 Å². The van der Waals surface area contributed by atoms with Gasteiger partial charge in [-0.05, 0) is 18.2 Å². The Morgan fingerprint density at radius 1 is 1.42 bits per heavy atom. The Labute approximate surface area is 118 Å². The summed E-state index contributed by atoms with van der Waals surface area (Å²) in [7, 11) is -3.85. The number of benzene rings is 1. The molecule has 5 nitrogen and oxygen atoms in total. The molecule has 2 rings (SSSR count). The fourth-order valence-corrected chi connectivity index (χ4v) is 2.93. The van der Waals surface area contributed by atoms with Gasteiger partial charge < -0.3 is 4.98 Å². The monoisotopic (exact) mass is 347 g/mol. The van der Waals surface area contributed by atoms with Gasteiger partial charge in [0.25, 0.3) is 0 Å². The van der Waals surface area contributed by atoms with Crippen LogP contribution in [0.2, 0.25) is 0 Å². The molecule has 0 aliphatic heterocycles. The summed E-state index contributed by atoms with van der Waals surface area (Å²) in [6.07, 6.45) is 3.64. The average molecular weight is 348 g/mol. The summed E-state index contributed by atoms with van der Waals surface area (Å²) < 4.78 is 40.2. The first-order valence-electron chi connectivity index (χ1n) is 5.42. The second kappa shape index (κ2) is 5.81. The third-order valence-electron chi connectivity index (χ3n) is 2.39. The molecule has 1 heterocycles. The van der Waals surface area contributed by atoms with E-state index >= 15 is 0 Å². The smallest absolute Gasteiger partial charge is 0.243 e. The van der Waals surface area contributed by atoms with E-state index in [9.17, 15) is 12.8 Å². The number of aromatic amines is 1. The minimum atomic E-state index is -3.85. The zero-order valence-corrected chi connectivity index (χ0v) is 12.1. The van der Waals surface area contributed by atoms with Gasteiger partial charge in [-0.3, -0.25) is 0 Å². The van der Waals surface area contributed by atoms with Gasteiger partial charge in [-0.1, -0.05) is 15.9 Å². The van der Waals surface area contributed by atoms with Crippen LogP contribution in [0.1, 0.15) is 5.82 Å². The fraction of sp³-hybridized carbons (Fsp3) is 0.182. The van der Waals surface area contributed by atoms with Crippen LogP contribution in [0, 0.1) is 5.82 Å². The van der Waals surface area contributed by atoms with E-state index in [1.165, 1.54) is 12.1 Å². The molecule has 2 aromatic rings. The van der Waals surface area contributed by atoms with Crippen LogP contribution in [-0.2, 0) is 16.4 Å². The quantitative estimate of drug-likeness (QED) is 0.866. The van der Waals surface area contributed by atoms with Gasteiger partial charge in [0.15, 0.2) is 0 Å². The van der Waals surface area contributed by atoms with Gasteiger partial charge >= 0.3 is 0 Å². The molecular formula is C11H11BrFN3O2S. The molecule has 0 saturated carbocycles. The zero-order chi connectivity index (χ0) is 13.9. The first-order chi connectivity index (χ1) is 8.99. The topological polar surface area (TPSA) is 74.8 Å². The lowest BCUT2D eigenvalue weighted by molar-refractivity contribution is 0.556. The highest BCUT2D eigenvalue weighted by Gasteiger charge is 2.18. The molecule has 2 N–H and O–H groups in total. The Kier molecular flexibility index (Phi) is 4.33. The van der Waals surface area contributed by atoms with Gasteiger partial charge in [-0.15, -0.1) is 0 Å². The molecule has 1 aromatic carbocycles. The van der Waals surface area contributed by atoms with Gasteiger partial charge in [0.1, 0.15) is 16.5 Å². The molecule has 0 fully saturated rings. The number of halogens is 2. The maximum absolute atomic E-state index is 13.6. The highest BCUT2D eigenvalue weighted by molar-refractivity contribution is 9.10. The number of H-pyrrole nitrogens is 1. The number of aromatic nitrogens is 2. The average Bonchev–Trinajstić information content (AvgIpc) is 2.81. The fourth-order valence-electron chi connectivity index (χ4n) is 1.51. The molecule has 102 valence electrons. The maximum atomic E-state index is 13.6. The number of sulfonamides is 1. The van der Waals surface area contributed by atoms with Crippen LogP contribution >= 0.6 is 15.9 Å². The first-order valence-corrected chi connectivity index (χ1v) is 7.69. The molecule has 1 aromatic heterocycles. The summed E-state index contributed by atoms with van der Waals surface area (Å²) in [6, 6.07) is 3.81. The number of hydrogen-bond donors (Lipinski definition) is 2. The molecule has 0 aliphatic rings. The molecule has 0 saturated heterocycles. The molecule has 0 unspecified atom stereocenters. The Morgan fingerprint density at radius 2 is 2.21 bits per heavy atom. The van der Waals surface area contributed by atoms with Crippen LogP contribution < -0.4 is 4.72 Å². The molecular weight excluding hydrogens is 337 g/mol. The summed E-state index contributed by atoms with van der Waals surface area (Å²) in [5, 5.41) is 0. The minimum Gasteiger partial charge on any atom is -0.349 e. The van der Waals surface area contributed by atoms with Crippen molar-refractivity contribution in [2.75, 3.05) is 6.54 Å². The highest BCUT2D eigenvalue weighted by atomic mass is 79.9. The summed E-state index contributed by atoms with van der Waals surface area (Å²) in [5.41, 5.74) is 0. The van der Waals surface area contributed by atoms with Crippen molar-refractivity contribution in [3.63, 3.8) is 0 Å². The van der Waals surface area contributed by atoms with Crippen molar-refractivity contribution in [2.24, 2.45) is 0 Å². The van der Waals surface area contributed by atoms with Gasteiger partial charge in [0, 0.05) is 29.8 Å². The molecule has 0 aliphatic carbocycles. The van der Waals surface area contributed by atoms with Gasteiger partial charge in [-0.25, -0.2) is 22.5 Å². The van der Waals surface area contributed by atoms with Crippen molar-refractivity contribution in [3.8, 4) is 0 Å². The van der Waals surface area contributed by atoms with Crippen molar-refractivity contribution in [3.05, 3.63) is 46.7 Å². The van der Waals surface area contributed by atoms with Crippen LogP contribution in [0.25, 0.3) is 0 Å². The summed E-state index contributed by atoms with van der Waals surface area (Å²) in [6.45, 7) is 0.144. The Morgan fingerprint density at radius 3 is 2.84 bits per heavy atom. The SMILES string of the molecule is O=S(=O)(NCCc1ncc[nH]1)c1ccc(Br)cc1F. The van der Waals surface area contributed by atoms with Gasteiger partial charge in [0.2, 0.25) is 10.0 Å². The van der Waals surface area contributed by atoms with E-state index < -0.39 is 15.8 Å². The summed E-state index contributed by atoms with van der Waals surface area (Å²) >= 11 is 3.07. The van der Waals surface area contributed by atoms with Crippen LogP contribution in [0.4, 0.5) is 4.39 Å². The molecule has 0 amide bonds. The lowest BCUT2D eigenvalue weighted by atomic mass is 10.3. The van der Waals surface area contributed by atoms with Crippen molar-refractivity contribution >= 4 is 26.0 Å². The van der Waals surface area contributed by atoms with E-state index in [-0.39, 0.29) is 11.4 Å². The number of hydrogen-bond acceptors (Lipinski definition) is 3. The highest BCUT2D eigenvalue weighted by Crippen LogP contribution is 2.19. The normalized spacial score (nSPS) is 11.7. The second-order valence-electron chi connectivity index (χ2n) is 3.76. The van der Waals surface area contributed by atoms with E-state index in [1.807, 2.05) is 0 Å². The summed E-state index contributed by atoms with van der Waals surface area (Å²) in [5.74, 6) is -0.126. The Bertz CT molecular complexity index is 659. The van der Waals surface area contributed by atoms with Crippen molar-refractivity contribution in [2.45, 2.75) is 11.3 Å². The van der Waals surface area contributed by atoms with E-state index in [4.69, 9.17) is 0 Å². The third-order valence-corrected chi connectivity index (χ3v) is 4.38. The summed E-state index contributed by atoms with van der Waals surface area (Å²) in [4.78, 5) is 6.46. The minimum absolute atomic E-state index is 0.144. The standard InChI is InChI=1S/C11H11BrFN3O2S/c12-8-1-2-10(9(13)7-8)19(17,18)16-4-3-11-14-5-6-15-11/h1-2,5-7,16H,3-4H2,(H,14,15). The Balaban J connectivity index is 2.05. The van der Waals surface area contributed by atoms with E-state index in [2.05, 4.69) is 30.6 Å². The van der Waals surface area contributed by atoms with Gasteiger partial charge in [0.05, 0.1) is 0 Å². The second-order valence-corrected chi connectivity index (χ2v) is 6.41. The lowest BCUT2D eigenvalue weighted by Gasteiger charge is -2.07. The number of nitrogens with zero attached hydrogens (tertiary/aromatic N) is 1. The van der Waals surface area contributed by atoms with Crippen molar-refractivity contribution in [1.29, 1.82) is 0 Å². The van der Waals surface area contributed by atoms with Crippen LogP contribution in [0.15, 0.2) is 40.0 Å². The first kappa shape index (κ1) is 14.2. The Hall–Kier alpha value is -1.25. The van der Waals surface area contributed by atoms with Crippen molar-refractivity contribution in [1.82, 2.24) is 14.7 Å². The number of nitrogens with one attached hydrogen (secondary N) is 2. The van der Waals surface area contributed by atoms with E-state index in [1.54, 1.807) is 12.4 Å². The van der Waals surface area contributed by atoms with Gasteiger partial charge in [-0.2, -0.15) is 0 Å². The number of imidazole rings is 1. The van der Waals surface area contributed by atoms with E-state index in [0.717, 1.165) is 6.07 Å². The predicted octanol–water partition coefficient (Wildman–Crippen LogP) is 1.83. The predicted molar refractivity (Wildman–Crippen MR) is 71.6 cm³/mol. The maximum Gasteiger partial charge on any atom is 0.243 e. The molecule has 8 heteroatoms. The third kappa shape index (κ3) is 3.62. The number of rotatable bonds is 5. The van der Waals surface area contributed by atoms with E-state index in [0.29, 0.717) is 16.7 Å². The van der Waals surface area contributed by atoms with Crippen molar-refractivity contribution < 1.29 is 12.8 Å². The molecule has 19 heavy (non-hydrogen) atoms. The largest absolute Gasteiger partial charge is 0.349 e. The molecule has 0 radical (unpaired) electrons. The van der Waals surface area contributed by atoms with Crippen LogP contribution in [0.5, 0.6) is 0 Å². The molecule has 0 spiro atoms.